The highest BCUT2D eigenvalue weighted by atomic mass is 35.5. The van der Waals surface area contributed by atoms with E-state index in [-0.39, 0.29) is 24.8 Å². The molecule has 0 aliphatic heterocycles. The Labute approximate surface area is 115 Å². The van der Waals surface area contributed by atoms with Crippen molar-refractivity contribution in [3.8, 4) is 0 Å². The molecule has 3 N–H and O–H groups in total. The van der Waals surface area contributed by atoms with Gasteiger partial charge in [-0.05, 0) is 17.3 Å². The minimum absolute atomic E-state index is 0. The van der Waals surface area contributed by atoms with Crippen molar-refractivity contribution in [1.82, 2.24) is 0 Å². The lowest BCUT2D eigenvalue weighted by Crippen LogP contribution is -2.32. The fraction of sp³-hybridized carbons (Fsp3) is 0.273. The van der Waals surface area contributed by atoms with Gasteiger partial charge in [-0.15, -0.1) is 12.4 Å². The van der Waals surface area contributed by atoms with Crippen LogP contribution in [0.1, 0.15) is 5.56 Å². The first-order valence-corrected chi connectivity index (χ1v) is 5.90. The first-order chi connectivity index (χ1) is 8.09. The lowest BCUT2D eigenvalue weighted by molar-refractivity contribution is -0.137. The summed E-state index contributed by atoms with van der Waals surface area (Å²) in [4.78, 5) is 21.6. The third kappa shape index (κ3) is 6.48. The van der Waals surface area contributed by atoms with Gasteiger partial charge in [0.15, 0.2) is 0 Å². The Morgan fingerprint density at radius 2 is 1.94 bits per heavy atom. The van der Waals surface area contributed by atoms with Crippen molar-refractivity contribution in [2.45, 2.75) is 12.6 Å². The zero-order valence-corrected chi connectivity index (χ0v) is 11.1. The van der Waals surface area contributed by atoms with Gasteiger partial charge in [-0.3, -0.25) is 4.79 Å². The molecule has 18 heavy (non-hydrogen) atoms. The van der Waals surface area contributed by atoms with Gasteiger partial charge in [-0.2, -0.15) is 0 Å². The van der Waals surface area contributed by atoms with Gasteiger partial charge in [0.25, 0.3) is 0 Å². The Morgan fingerprint density at radius 1 is 1.33 bits per heavy atom. The van der Waals surface area contributed by atoms with E-state index in [2.05, 4.69) is 0 Å². The van der Waals surface area contributed by atoms with Gasteiger partial charge < -0.3 is 15.6 Å². The number of thioether (sulfide) groups is 1. The SMILES string of the molecule is Cl.NC(CSC(=O)OCc1ccccc1)C(=O)O. The standard InChI is InChI=1S/C11H13NO4S.ClH/c12-9(10(13)14)7-17-11(15)16-6-8-4-2-1-3-5-8;/h1-5,9H,6-7,12H2,(H,13,14);1H. The Hall–Kier alpha value is -1.24. The maximum Gasteiger partial charge on any atom is 0.367 e. The van der Waals surface area contributed by atoms with Crippen LogP contribution >= 0.6 is 24.2 Å². The van der Waals surface area contributed by atoms with E-state index < -0.39 is 17.3 Å². The van der Waals surface area contributed by atoms with E-state index in [1.807, 2.05) is 30.3 Å². The Balaban J connectivity index is 0.00000289. The second kappa shape index (κ2) is 8.79. The third-order valence-corrected chi connectivity index (χ3v) is 2.78. The van der Waals surface area contributed by atoms with Crippen molar-refractivity contribution in [2.24, 2.45) is 5.73 Å². The van der Waals surface area contributed by atoms with Gasteiger partial charge in [0, 0.05) is 5.75 Å². The number of aliphatic carboxylic acids is 1. The normalized spacial score (nSPS) is 11.2. The third-order valence-electron chi connectivity index (χ3n) is 1.90. The van der Waals surface area contributed by atoms with E-state index in [1.54, 1.807) is 0 Å². The molecule has 1 aromatic rings. The van der Waals surface area contributed by atoms with Crippen LogP contribution in [0, 0.1) is 0 Å². The van der Waals surface area contributed by atoms with Crippen LogP contribution in [-0.2, 0) is 16.1 Å². The summed E-state index contributed by atoms with van der Waals surface area (Å²) < 4.78 is 4.93. The topological polar surface area (TPSA) is 89.6 Å². The van der Waals surface area contributed by atoms with Crippen molar-refractivity contribution < 1.29 is 19.4 Å². The van der Waals surface area contributed by atoms with Crippen molar-refractivity contribution in [2.75, 3.05) is 5.75 Å². The summed E-state index contributed by atoms with van der Waals surface area (Å²) in [5.41, 5.74) is 6.12. The van der Waals surface area contributed by atoms with E-state index in [4.69, 9.17) is 15.6 Å². The van der Waals surface area contributed by atoms with Gasteiger partial charge in [-0.1, -0.05) is 30.3 Å². The maximum absolute atomic E-state index is 11.2. The van der Waals surface area contributed by atoms with Crippen molar-refractivity contribution in [1.29, 1.82) is 0 Å². The molecule has 0 bridgehead atoms. The van der Waals surface area contributed by atoms with Crippen LogP contribution in [-0.4, -0.2) is 28.2 Å². The molecule has 1 aromatic carbocycles. The summed E-state index contributed by atoms with van der Waals surface area (Å²) >= 11 is 0.765. The van der Waals surface area contributed by atoms with Crippen LogP contribution in [0.2, 0.25) is 0 Å². The summed E-state index contributed by atoms with van der Waals surface area (Å²) in [6, 6.07) is 8.17. The highest BCUT2D eigenvalue weighted by Gasteiger charge is 2.14. The molecule has 0 heterocycles. The predicted octanol–water partition coefficient (Wildman–Crippen LogP) is 1.89. The molecule has 0 fully saturated rings. The van der Waals surface area contributed by atoms with Gasteiger partial charge >= 0.3 is 11.3 Å². The summed E-state index contributed by atoms with van der Waals surface area (Å²) in [5, 5.41) is 7.99. The Bertz CT molecular complexity index is 388. The number of nitrogens with two attached hydrogens (primary N) is 1. The highest BCUT2D eigenvalue weighted by molar-refractivity contribution is 8.13. The quantitative estimate of drug-likeness (QED) is 0.805. The number of rotatable bonds is 5. The van der Waals surface area contributed by atoms with E-state index >= 15 is 0 Å². The van der Waals surface area contributed by atoms with Crippen LogP contribution in [0.4, 0.5) is 4.79 Å². The number of carboxylic acid groups (broad SMARTS) is 1. The summed E-state index contributed by atoms with van der Waals surface area (Å²) in [7, 11) is 0. The van der Waals surface area contributed by atoms with E-state index in [1.165, 1.54) is 0 Å². The molecule has 0 amide bonds. The second-order valence-electron chi connectivity index (χ2n) is 3.28. The van der Waals surface area contributed by atoms with Crippen molar-refractivity contribution in [3.05, 3.63) is 35.9 Å². The molecule has 0 radical (unpaired) electrons. The highest BCUT2D eigenvalue weighted by Crippen LogP contribution is 2.09. The monoisotopic (exact) mass is 291 g/mol. The number of halogens is 1. The minimum Gasteiger partial charge on any atom is -0.480 e. The zero-order valence-electron chi connectivity index (χ0n) is 9.44. The second-order valence-corrected chi connectivity index (χ2v) is 4.24. The molecule has 0 spiro atoms. The van der Waals surface area contributed by atoms with Crippen LogP contribution in [0.5, 0.6) is 0 Å². The van der Waals surface area contributed by atoms with Crippen LogP contribution in [0.3, 0.4) is 0 Å². The van der Waals surface area contributed by atoms with Gasteiger partial charge in [0.2, 0.25) is 0 Å². The first kappa shape index (κ1) is 16.8. The van der Waals surface area contributed by atoms with E-state index in [0.29, 0.717) is 0 Å². The number of hydrogen-bond donors (Lipinski definition) is 2. The summed E-state index contributed by atoms with van der Waals surface area (Å²) in [6.07, 6.45) is 0. The maximum atomic E-state index is 11.2. The first-order valence-electron chi connectivity index (χ1n) is 4.91. The molecule has 7 heteroatoms. The van der Waals surface area contributed by atoms with Gasteiger partial charge in [0.05, 0.1) is 0 Å². The van der Waals surface area contributed by atoms with Crippen molar-refractivity contribution in [3.63, 3.8) is 0 Å². The number of benzene rings is 1. The zero-order chi connectivity index (χ0) is 12.7. The number of carbonyl (C=O) groups excluding carboxylic acids is 1. The summed E-state index contributed by atoms with van der Waals surface area (Å²) in [6.45, 7) is 0.176. The fourth-order valence-corrected chi connectivity index (χ4v) is 1.59. The molecular formula is C11H14ClNO4S. The van der Waals surface area contributed by atoms with Crippen molar-refractivity contribution >= 4 is 35.4 Å². The lowest BCUT2D eigenvalue weighted by Gasteiger charge is -2.06. The Kier molecular flexibility index (Phi) is 8.19. The molecule has 1 unspecified atom stereocenters. The van der Waals surface area contributed by atoms with E-state index in [0.717, 1.165) is 17.3 Å². The molecular weight excluding hydrogens is 278 g/mol. The molecule has 5 nitrogen and oxygen atoms in total. The van der Waals surface area contributed by atoms with E-state index in [9.17, 15) is 9.59 Å². The number of hydrogen-bond acceptors (Lipinski definition) is 5. The number of ether oxygens (including phenoxy) is 1. The Morgan fingerprint density at radius 3 is 2.50 bits per heavy atom. The molecule has 1 atom stereocenters. The number of carboxylic acids is 1. The predicted molar refractivity (Wildman–Crippen MR) is 71.9 cm³/mol. The molecule has 0 aliphatic rings. The molecule has 1 rings (SSSR count). The van der Waals surface area contributed by atoms with Crippen LogP contribution in [0.15, 0.2) is 30.3 Å². The smallest absolute Gasteiger partial charge is 0.367 e. The molecule has 0 aliphatic carbocycles. The van der Waals surface area contributed by atoms with Crippen LogP contribution < -0.4 is 5.73 Å². The fourth-order valence-electron chi connectivity index (χ4n) is 0.987. The molecule has 0 saturated heterocycles. The van der Waals surface area contributed by atoms with Gasteiger partial charge in [0.1, 0.15) is 12.6 Å². The average molecular weight is 292 g/mol. The summed E-state index contributed by atoms with van der Waals surface area (Å²) in [5.74, 6) is -1.13. The molecule has 0 aromatic heterocycles. The minimum atomic E-state index is -1.13. The molecule has 0 saturated carbocycles. The largest absolute Gasteiger partial charge is 0.480 e. The van der Waals surface area contributed by atoms with Gasteiger partial charge in [-0.25, -0.2) is 4.79 Å². The number of carbonyl (C=O) groups is 2. The van der Waals surface area contributed by atoms with Crippen LogP contribution in [0.25, 0.3) is 0 Å². The lowest BCUT2D eigenvalue weighted by atomic mass is 10.2. The average Bonchev–Trinajstić information content (AvgIpc) is 2.34. The molecule has 100 valence electrons.